The smallest absolute Gasteiger partial charge is 0.269 e. The number of anilines is 1. The number of nitrogens with zero attached hydrogens (tertiary/aromatic N) is 1. The van der Waals surface area contributed by atoms with E-state index in [1.807, 2.05) is 0 Å². The van der Waals surface area contributed by atoms with Gasteiger partial charge in [0.2, 0.25) is 0 Å². The third-order valence-corrected chi connectivity index (χ3v) is 5.19. The number of hydrogen-bond acceptors (Lipinski definition) is 3. The fourth-order valence-corrected chi connectivity index (χ4v) is 3.99. The van der Waals surface area contributed by atoms with Crippen molar-refractivity contribution < 1.29 is 9.31 Å². The van der Waals surface area contributed by atoms with E-state index < -0.39 is 4.92 Å². The monoisotopic (exact) mass is 344 g/mol. The maximum Gasteiger partial charge on any atom is 0.269 e. The summed E-state index contributed by atoms with van der Waals surface area (Å²) in [7, 11) is 0. The van der Waals surface area contributed by atoms with Crippen molar-refractivity contribution in [2.75, 3.05) is 5.32 Å². The zero-order valence-electron chi connectivity index (χ0n) is 12.6. The molecular formula is C18H14ClFN2O2. The van der Waals surface area contributed by atoms with E-state index >= 15 is 0 Å². The number of allylic oxidation sites excluding steroid dienone is 2. The summed E-state index contributed by atoms with van der Waals surface area (Å²) in [6, 6.07) is 9.03. The Kier molecular flexibility index (Phi) is 3.53. The van der Waals surface area contributed by atoms with Crippen LogP contribution in [0, 0.1) is 21.8 Å². The van der Waals surface area contributed by atoms with E-state index in [9.17, 15) is 14.5 Å². The summed E-state index contributed by atoms with van der Waals surface area (Å²) in [4.78, 5) is 10.7. The first-order valence-corrected chi connectivity index (χ1v) is 8.09. The van der Waals surface area contributed by atoms with Crippen molar-refractivity contribution in [2.45, 2.75) is 18.4 Å². The van der Waals surface area contributed by atoms with Crippen LogP contribution < -0.4 is 5.32 Å². The molecule has 0 unspecified atom stereocenters. The molecule has 24 heavy (non-hydrogen) atoms. The third kappa shape index (κ3) is 2.36. The highest BCUT2D eigenvalue weighted by Crippen LogP contribution is 2.51. The first-order valence-electron chi connectivity index (χ1n) is 7.71. The quantitative estimate of drug-likeness (QED) is 0.462. The number of halogens is 2. The van der Waals surface area contributed by atoms with Crippen molar-refractivity contribution in [3.05, 3.63) is 80.6 Å². The number of nitro groups is 1. The van der Waals surface area contributed by atoms with Gasteiger partial charge in [-0.3, -0.25) is 10.1 Å². The lowest BCUT2D eigenvalue weighted by atomic mass is 9.77. The van der Waals surface area contributed by atoms with Crippen LogP contribution in [0.25, 0.3) is 0 Å². The van der Waals surface area contributed by atoms with Crippen LogP contribution in [0.1, 0.15) is 29.5 Å². The van der Waals surface area contributed by atoms with Gasteiger partial charge in [-0.2, -0.15) is 0 Å². The van der Waals surface area contributed by atoms with Crippen LogP contribution in [-0.2, 0) is 0 Å². The summed E-state index contributed by atoms with van der Waals surface area (Å²) in [5.41, 5.74) is 2.49. The zero-order chi connectivity index (χ0) is 16.8. The van der Waals surface area contributed by atoms with E-state index in [0.29, 0.717) is 10.6 Å². The third-order valence-electron chi connectivity index (χ3n) is 4.85. The van der Waals surface area contributed by atoms with Crippen molar-refractivity contribution in [1.82, 2.24) is 0 Å². The molecule has 2 aromatic carbocycles. The Labute approximate surface area is 143 Å². The van der Waals surface area contributed by atoms with Crippen LogP contribution in [-0.4, -0.2) is 4.92 Å². The van der Waals surface area contributed by atoms with Crippen LogP contribution in [0.4, 0.5) is 15.8 Å². The largest absolute Gasteiger partial charge is 0.378 e. The summed E-state index contributed by atoms with van der Waals surface area (Å²) in [6.45, 7) is 0. The molecule has 0 aromatic heterocycles. The van der Waals surface area contributed by atoms with Crippen molar-refractivity contribution >= 4 is 23.0 Å². The highest BCUT2D eigenvalue weighted by molar-refractivity contribution is 6.31. The summed E-state index contributed by atoms with van der Waals surface area (Å²) >= 11 is 6.33. The van der Waals surface area contributed by atoms with Gasteiger partial charge in [0.05, 0.1) is 11.0 Å². The molecule has 4 nitrogen and oxygen atoms in total. The molecule has 3 atom stereocenters. The second-order valence-electron chi connectivity index (χ2n) is 6.17. The van der Waals surface area contributed by atoms with Gasteiger partial charge in [-0.05, 0) is 42.2 Å². The minimum Gasteiger partial charge on any atom is -0.378 e. The molecule has 0 saturated heterocycles. The fourth-order valence-electron chi connectivity index (χ4n) is 3.76. The number of benzene rings is 2. The summed E-state index contributed by atoms with van der Waals surface area (Å²) in [5, 5.41) is 15.0. The number of nitrogens with one attached hydrogen (secondary N) is 1. The fraction of sp³-hybridized carbons (Fsp3) is 0.222. The van der Waals surface area contributed by atoms with Crippen molar-refractivity contribution in [3.63, 3.8) is 0 Å². The standard InChI is InChI=1S/C18H14ClFN2O2/c19-16-6-5-11(22(23)24)9-15(16)18-13-3-1-2-12(13)14-8-10(20)4-7-17(14)21-18/h1-2,4-9,12-13,18,21H,3H2/t12-,13-,18-/m0/s1. The normalized spacial score (nSPS) is 24.2. The molecule has 1 N–H and O–H groups in total. The summed E-state index contributed by atoms with van der Waals surface area (Å²) in [6.07, 6.45) is 4.98. The van der Waals surface area contributed by atoms with E-state index in [4.69, 9.17) is 11.6 Å². The van der Waals surface area contributed by atoms with Gasteiger partial charge in [0, 0.05) is 34.3 Å². The average Bonchev–Trinajstić information content (AvgIpc) is 3.04. The average molecular weight is 345 g/mol. The Morgan fingerprint density at radius 2 is 2.04 bits per heavy atom. The number of non-ortho nitro benzene ring substituents is 1. The van der Waals surface area contributed by atoms with Crippen molar-refractivity contribution in [2.24, 2.45) is 5.92 Å². The predicted octanol–water partition coefficient (Wildman–Crippen LogP) is 5.21. The SMILES string of the molecule is O=[N+]([O-])c1ccc(Cl)c([C@H]2Nc3ccc(F)cc3[C@H]3C=CC[C@@H]32)c1. The number of hydrogen-bond donors (Lipinski definition) is 1. The van der Waals surface area contributed by atoms with Gasteiger partial charge in [-0.25, -0.2) is 4.39 Å². The molecular weight excluding hydrogens is 331 g/mol. The molecule has 0 saturated carbocycles. The second-order valence-corrected chi connectivity index (χ2v) is 6.58. The maximum atomic E-state index is 13.6. The molecule has 0 fully saturated rings. The number of fused-ring (bicyclic) bond motifs is 3. The number of rotatable bonds is 2. The molecule has 0 amide bonds. The van der Waals surface area contributed by atoms with E-state index in [-0.39, 0.29) is 29.4 Å². The van der Waals surface area contributed by atoms with Gasteiger partial charge in [-0.15, -0.1) is 0 Å². The highest BCUT2D eigenvalue weighted by Gasteiger charge is 2.39. The molecule has 1 heterocycles. The van der Waals surface area contributed by atoms with Gasteiger partial charge in [0.15, 0.2) is 0 Å². The Bertz CT molecular complexity index is 868. The Morgan fingerprint density at radius 1 is 1.21 bits per heavy atom. The van der Waals surface area contributed by atoms with Crippen LogP contribution in [0.2, 0.25) is 5.02 Å². The summed E-state index contributed by atoms with van der Waals surface area (Å²) < 4.78 is 13.6. The van der Waals surface area contributed by atoms with Gasteiger partial charge in [0.1, 0.15) is 5.82 Å². The summed E-state index contributed by atoms with van der Waals surface area (Å²) in [5.74, 6) is -0.0301. The van der Waals surface area contributed by atoms with Crippen LogP contribution in [0.15, 0.2) is 48.6 Å². The molecule has 2 aliphatic rings. The lowest BCUT2D eigenvalue weighted by Gasteiger charge is -2.37. The van der Waals surface area contributed by atoms with E-state index in [1.165, 1.54) is 18.2 Å². The van der Waals surface area contributed by atoms with E-state index in [0.717, 1.165) is 17.7 Å². The van der Waals surface area contributed by atoms with Crippen molar-refractivity contribution in [3.8, 4) is 0 Å². The molecule has 4 rings (SSSR count). The van der Waals surface area contributed by atoms with Crippen LogP contribution in [0.5, 0.6) is 0 Å². The lowest BCUT2D eigenvalue weighted by molar-refractivity contribution is -0.384. The maximum absolute atomic E-state index is 13.6. The van der Waals surface area contributed by atoms with Gasteiger partial charge in [-0.1, -0.05) is 23.8 Å². The first kappa shape index (κ1) is 15.1. The molecule has 0 spiro atoms. The zero-order valence-corrected chi connectivity index (χ0v) is 13.3. The highest BCUT2D eigenvalue weighted by atomic mass is 35.5. The van der Waals surface area contributed by atoms with Gasteiger partial charge < -0.3 is 5.32 Å². The Hall–Kier alpha value is -2.40. The molecule has 2 aromatic rings. The van der Waals surface area contributed by atoms with E-state index in [2.05, 4.69) is 17.5 Å². The number of nitro benzene ring substituents is 1. The molecule has 1 aliphatic carbocycles. The Morgan fingerprint density at radius 3 is 2.83 bits per heavy atom. The van der Waals surface area contributed by atoms with Crippen molar-refractivity contribution in [1.29, 1.82) is 0 Å². The Balaban J connectivity index is 1.81. The predicted molar refractivity (Wildman–Crippen MR) is 90.9 cm³/mol. The lowest BCUT2D eigenvalue weighted by Crippen LogP contribution is -2.29. The van der Waals surface area contributed by atoms with Crippen LogP contribution in [0.3, 0.4) is 0 Å². The van der Waals surface area contributed by atoms with Crippen LogP contribution >= 0.6 is 11.6 Å². The first-order chi connectivity index (χ1) is 11.5. The van der Waals surface area contributed by atoms with E-state index in [1.54, 1.807) is 18.2 Å². The van der Waals surface area contributed by atoms with Gasteiger partial charge in [0.25, 0.3) is 5.69 Å². The minimum absolute atomic E-state index is 0.0172. The van der Waals surface area contributed by atoms with Gasteiger partial charge >= 0.3 is 0 Å². The molecule has 0 radical (unpaired) electrons. The molecule has 122 valence electrons. The molecule has 1 aliphatic heterocycles. The second kappa shape index (κ2) is 5.60. The topological polar surface area (TPSA) is 55.2 Å². The molecule has 0 bridgehead atoms. The molecule has 6 heteroatoms. The minimum atomic E-state index is -0.420.